The fourth-order valence-corrected chi connectivity index (χ4v) is 3.87. The van der Waals surface area contributed by atoms with Gasteiger partial charge in [0.05, 0.1) is 13.1 Å². The molecule has 0 aliphatic carbocycles. The summed E-state index contributed by atoms with van der Waals surface area (Å²) in [4.78, 5) is 28.6. The first-order chi connectivity index (χ1) is 13.7. The summed E-state index contributed by atoms with van der Waals surface area (Å²) in [5, 5.41) is 0. The summed E-state index contributed by atoms with van der Waals surface area (Å²) >= 11 is 0. The number of ether oxygens (including phenoxy) is 2. The van der Waals surface area contributed by atoms with E-state index in [2.05, 4.69) is 0 Å². The van der Waals surface area contributed by atoms with Gasteiger partial charge in [0.2, 0.25) is 0 Å². The number of amides is 2. The third kappa shape index (κ3) is 4.02. The van der Waals surface area contributed by atoms with E-state index in [4.69, 9.17) is 9.47 Å². The highest BCUT2D eigenvalue weighted by molar-refractivity contribution is 5.95. The van der Waals surface area contributed by atoms with Crippen molar-refractivity contribution in [3.63, 3.8) is 0 Å². The van der Waals surface area contributed by atoms with Crippen LogP contribution in [0.2, 0.25) is 0 Å². The van der Waals surface area contributed by atoms with Crippen LogP contribution in [0.4, 0.5) is 5.69 Å². The molecule has 6 nitrogen and oxygen atoms in total. The summed E-state index contributed by atoms with van der Waals surface area (Å²) in [6, 6.07) is 18.9. The molecule has 0 radical (unpaired) electrons. The first-order valence-corrected chi connectivity index (χ1v) is 9.60. The molecular formula is C22H24N2O4. The van der Waals surface area contributed by atoms with Crippen molar-refractivity contribution >= 4 is 17.5 Å². The Hall–Kier alpha value is -2.86. The fraction of sp³-hybridized carbons (Fsp3) is 0.364. The zero-order chi connectivity index (χ0) is 19.4. The van der Waals surface area contributed by atoms with E-state index in [9.17, 15) is 9.59 Å². The van der Waals surface area contributed by atoms with E-state index < -0.39 is 5.60 Å². The number of piperidine rings is 1. The van der Waals surface area contributed by atoms with E-state index in [1.54, 1.807) is 9.80 Å². The number of hydrogen-bond donors (Lipinski definition) is 0. The van der Waals surface area contributed by atoms with Crippen LogP contribution in [0.15, 0.2) is 60.7 Å². The monoisotopic (exact) mass is 380 g/mol. The van der Waals surface area contributed by atoms with Gasteiger partial charge in [0.1, 0.15) is 18.0 Å². The first-order valence-electron chi connectivity index (χ1n) is 9.60. The van der Waals surface area contributed by atoms with Gasteiger partial charge in [0.15, 0.2) is 6.61 Å². The molecule has 2 heterocycles. The van der Waals surface area contributed by atoms with E-state index in [0.29, 0.717) is 25.4 Å². The van der Waals surface area contributed by atoms with Gasteiger partial charge in [-0.25, -0.2) is 0 Å². The van der Waals surface area contributed by atoms with Crippen molar-refractivity contribution in [2.75, 3.05) is 37.7 Å². The second-order valence-electron chi connectivity index (χ2n) is 7.31. The molecular weight excluding hydrogens is 356 g/mol. The number of morpholine rings is 1. The second kappa shape index (κ2) is 8.02. The standard InChI is InChI=1S/C22H24N2O4/c25-20(14-27-19-10-5-2-6-11-19)23-13-7-12-22(16-23)17-24(21(26)15-28-22)18-8-3-1-4-9-18/h1-6,8-11H,7,12-17H2. The maximum atomic E-state index is 12.7. The molecule has 4 rings (SSSR count). The molecule has 28 heavy (non-hydrogen) atoms. The minimum absolute atomic E-state index is 0.00141. The lowest BCUT2D eigenvalue weighted by Crippen LogP contribution is -2.62. The molecule has 2 saturated heterocycles. The van der Waals surface area contributed by atoms with Crippen molar-refractivity contribution in [1.82, 2.24) is 4.90 Å². The number of likely N-dealkylation sites (tertiary alicyclic amines) is 1. The Morgan fingerprint density at radius 3 is 2.50 bits per heavy atom. The number of nitrogens with zero attached hydrogens (tertiary/aromatic N) is 2. The van der Waals surface area contributed by atoms with E-state index in [0.717, 1.165) is 18.5 Å². The lowest BCUT2D eigenvalue weighted by Gasteiger charge is -2.47. The van der Waals surface area contributed by atoms with Crippen LogP contribution in [0.3, 0.4) is 0 Å². The zero-order valence-corrected chi connectivity index (χ0v) is 15.8. The lowest BCUT2D eigenvalue weighted by atomic mass is 9.90. The summed E-state index contributed by atoms with van der Waals surface area (Å²) < 4.78 is 11.6. The molecule has 2 aliphatic heterocycles. The van der Waals surface area contributed by atoms with E-state index in [1.807, 2.05) is 60.7 Å². The highest BCUT2D eigenvalue weighted by Gasteiger charge is 2.44. The molecule has 0 saturated carbocycles. The SMILES string of the molecule is O=C(COc1ccccc1)N1CCCC2(C1)CN(c1ccccc1)C(=O)CO2. The summed E-state index contributed by atoms with van der Waals surface area (Å²) in [5.74, 6) is 0.569. The summed E-state index contributed by atoms with van der Waals surface area (Å²) in [6.07, 6.45) is 1.67. The molecule has 1 unspecified atom stereocenters. The molecule has 2 aromatic rings. The first kappa shape index (κ1) is 18.5. The van der Waals surface area contributed by atoms with Crippen LogP contribution in [0.5, 0.6) is 5.75 Å². The van der Waals surface area contributed by atoms with Gasteiger partial charge in [-0.2, -0.15) is 0 Å². The minimum atomic E-state index is -0.523. The van der Waals surface area contributed by atoms with E-state index >= 15 is 0 Å². The number of benzene rings is 2. The number of para-hydroxylation sites is 2. The minimum Gasteiger partial charge on any atom is -0.484 e. The predicted molar refractivity (Wildman–Crippen MR) is 105 cm³/mol. The van der Waals surface area contributed by atoms with Gasteiger partial charge in [0, 0.05) is 12.2 Å². The Balaban J connectivity index is 1.42. The number of rotatable bonds is 4. The largest absolute Gasteiger partial charge is 0.484 e. The Morgan fingerprint density at radius 2 is 1.75 bits per heavy atom. The Labute approximate surface area is 164 Å². The summed E-state index contributed by atoms with van der Waals surface area (Å²) in [5.41, 5.74) is 0.343. The molecule has 0 bridgehead atoms. The Kier molecular flexibility index (Phi) is 5.30. The Morgan fingerprint density at radius 1 is 1.04 bits per heavy atom. The van der Waals surface area contributed by atoms with Gasteiger partial charge in [-0.1, -0.05) is 36.4 Å². The van der Waals surface area contributed by atoms with Gasteiger partial charge in [0.25, 0.3) is 11.8 Å². The van der Waals surface area contributed by atoms with Crippen molar-refractivity contribution in [3.05, 3.63) is 60.7 Å². The van der Waals surface area contributed by atoms with Crippen LogP contribution < -0.4 is 9.64 Å². The van der Waals surface area contributed by atoms with Crippen molar-refractivity contribution in [2.24, 2.45) is 0 Å². The zero-order valence-electron chi connectivity index (χ0n) is 15.8. The van der Waals surface area contributed by atoms with Gasteiger partial charge in [-0.3, -0.25) is 9.59 Å². The van der Waals surface area contributed by atoms with Gasteiger partial charge in [-0.05, 0) is 37.1 Å². The molecule has 0 aromatic heterocycles. The van der Waals surface area contributed by atoms with Crippen LogP contribution in [0.1, 0.15) is 12.8 Å². The number of hydrogen-bond acceptors (Lipinski definition) is 4. The molecule has 2 aliphatic rings. The van der Waals surface area contributed by atoms with Crippen LogP contribution in [0, 0.1) is 0 Å². The van der Waals surface area contributed by atoms with Crippen molar-refractivity contribution < 1.29 is 19.1 Å². The maximum absolute atomic E-state index is 12.7. The topological polar surface area (TPSA) is 59.1 Å². The average molecular weight is 380 g/mol. The third-order valence-corrected chi connectivity index (χ3v) is 5.31. The predicted octanol–water partition coefficient (Wildman–Crippen LogP) is 2.49. The highest BCUT2D eigenvalue weighted by Crippen LogP contribution is 2.31. The lowest BCUT2D eigenvalue weighted by molar-refractivity contribution is -0.154. The highest BCUT2D eigenvalue weighted by atomic mass is 16.5. The fourth-order valence-electron chi connectivity index (χ4n) is 3.87. The molecule has 146 valence electrons. The molecule has 0 N–H and O–H groups in total. The smallest absolute Gasteiger partial charge is 0.260 e. The van der Waals surface area contributed by atoms with E-state index in [1.165, 1.54) is 0 Å². The third-order valence-electron chi connectivity index (χ3n) is 5.31. The van der Waals surface area contributed by atoms with Crippen LogP contribution in [-0.4, -0.2) is 55.2 Å². The van der Waals surface area contributed by atoms with Gasteiger partial charge in [-0.15, -0.1) is 0 Å². The molecule has 1 atom stereocenters. The maximum Gasteiger partial charge on any atom is 0.260 e. The molecule has 2 aromatic carbocycles. The van der Waals surface area contributed by atoms with Gasteiger partial charge >= 0.3 is 0 Å². The van der Waals surface area contributed by atoms with Crippen molar-refractivity contribution in [3.8, 4) is 5.75 Å². The molecule has 2 amide bonds. The molecule has 2 fully saturated rings. The van der Waals surface area contributed by atoms with Crippen molar-refractivity contribution in [1.29, 1.82) is 0 Å². The second-order valence-corrected chi connectivity index (χ2v) is 7.31. The Bertz CT molecular complexity index is 827. The molecule has 6 heteroatoms. The normalized spacial score (nSPS) is 22.4. The summed E-state index contributed by atoms with van der Waals surface area (Å²) in [6.45, 7) is 1.65. The molecule has 1 spiro atoms. The number of anilines is 1. The van der Waals surface area contributed by atoms with Crippen molar-refractivity contribution in [2.45, 2.75) is 18.4 Å². The number of carbonyl (C=O) groups excluding carboxylic acids is 2. The summed E-state index contributed by atoms with van der Waals surface area (Å²) in [7, 11) is 0. The van der Waals surface area contributed by atoms with Crippen LogP contribution in [-0.2, 0) is 14.3 Å². The van der Waals surface area contributed by atoms with Crippen LogP contribution >= 0.6 is 0 Å². The number of carbonyl (C=O) groups is 2. The van der Waals surface area contributed by atoms with Gasteiger partial charge < -0.3 is 19.3 Å². The average Bonchev–Trinajstić information content (AvgIpc) is 2.75. The van der Waals surface area contributed by atoms with Crippen LogP contribution in [0.25, 0.3) is 0 Å². The van der Waals surface area contributed by atoms with E-state index in [-0.39, 0.29) is 25.0 Å². The quantitative estimate of drug-likeness (QED) is 0.818.